The van der Waals surface area contributed by atoms with Crippen molar-refractivity contribution in [2.75, 3.05) is 12.3 Å². The summed E-state index contributed by atoms with van der Waals surface area (Å²) in [5.41, 5.74) is 0. The minimum atomic E-state index is 0.752. The van der Waals surface area contributed by atoms with Crippen LogP contribution in [-0.4, -0.2) is 28.3 Å². The molecule has 2 unspecified atom stereocenters. The fourth-order valence-electron chi connectivity index (χ4n) is 2.64. The summed E-state index contributed by atoms with van der Waals surface area (Å²) < 4.78 is 0. The summed E-state index contributed by atoms with van der Waals surface area (Å²) in [7, 11) is 0. The summed E-state index contributed by atoms with van der Waals surface area (Å²) in [6.45, 7) is 3.40. The molecule has 1 aromatic heterocycles. The van der Waals surface area contributed by atoms with E-state index >= 15 is 0 Å². The Kier molecular flexibility index (Phi) is 5.94. The first-order valence-corrected chi connectivity index (χ1v) is 8.02. The Morgan fingerprint density at radius 3 is 2.94 bits per heavy atom. The molecule has 1 aliphatic carbocycles. The van der Waals surface area contributed by atoms with Crippen molar-refractivity contribution in [3.05, 3.63) is 18.5 Å². The van der Waals surface area contributed by atoms with Gasteiger partial charge in [-0.3, -0.25) is 0 Å². The maximum Gasteiger partial charge on any atom is 0.187 e. The van der Waals surface area contributed by atoms with E-state index in [9.17, 15) is 0 Å². The highest BCUT2D eigenvalue weighted by Crippen LogP contribution is 2.30. The second kappa shape index (κ2) is 7.74. The van der Waals surface area contributed by atoms with Crippen LogP contribution in [0.15, 0.2) is 23.6 Å². The Morgan fingerprint density at radius 2 is 2.17 bits per heavy atom. The lowest BCUT2D eigenvalue weighted by molar-refractivity contribution is 0.393. The van der Waals surface area contributed by atoms with Crippen molar-refractivity contribution < 1.29 is 0 Å². The Labute approximate surface area is 114 Å². The molecular weight excluding hydrogens is 242 g/mol. The molecular formula is C14H23N3S. The maximum absolute atomic E-state index is 4.25. The van der Waals surface area contributed by atoms with E-state index in [-0.39, 0.29) is 0 Å². The van der Waals surface area contributed by atoms with Crippen molar-refractivity contribution in [3.63, 3.8) is 0 Å². The molecule has 0 aliphatic heterocycles. The van der Waals surface area contributed by atoms with Gasteiger partial charge in [-0.25, -0.2) is 9.97 Å². The van der Waals surface area contributed by atoms with Crippen LogP contribution in [0.5, 0.6) is 0 Å². The Balaban J connectivity index is 1.69. The second-order valence-electron chi connectivity index (χ2n) is 4.92. The van der Waals surface area contributed by atoms with E-state index in [0.29, 0.717) is 0 Å². The van der Waals surface area contributed by atoms with E-state index in [1.54, 1.807) is 11.8 Å². The lowest BCUT2D eigenvalue weighted by Gasteiger charge is -2.20. The molecule has 1 N–H and O–H groups in total. The van der Waals surface area contributed by atoms with Gasteiger partial charge in [0.15, 0.2) is 5.16 Å². The monoisotopic (exact) mass is 265 g/mol. The molecule has 0 aromatic carbocycles. The van der Waals surface area contributed by atoms with Gasteiger partial charge in [-0.1, -0.05) is 25.1 Å². The van der Waals surface area contributed by atoms with Gasteiger partial charge in [0.25, 0.3) is 0 Å². The molecule has 4 heteroatoms. The average Bonchev–Trinajstić information content (AvgIpc) is 2.85. The molecule has 1 aromatic rings. The van der Waals surface area contributed by atoms with E-state index in [2.05, 4.69) is 22.2 Å². The number of hydrogen-bond acceptors (Lipinski definition) is 4. The van der Waals surface area contributed by atoms with Crippen LogP contribution in [0.3, 0.4) is 0 Å². The topological polar surface area (TPSA) is 37.8 Å². The summed E-state index contributed by atoms with van der Waals surface area (Å²) in [6.07, 6.45) is 10.3. The minimum Gasteiger partial charge on any atom is -0.314 e. The van der Waals surface area contributed by atoms with Gasteiger partial charge in [0, 0.05) is 24.2 Å². The second-order valence-corrected chi connectivity index (χ2v) is 5.98. The van der Waals surface area contributed by atoms with Crippen LogP contribution in [0, 0.1) is 5.92 Å². The highest BCUT2D eigenvalue weighted by atomic mass is 32.2. The quantitative estimate of drug-likeness (QED) is 0.607. The molecule has 1 fully saturated rings. The molecule has 3 nitrogen and oxygen atoms in total. The molecule has 1 saturated carbocycles. The SMILES string of the molecule is CCCNC1CCCC1CCSc1ncccn1. The summed E-state index contributed by atoms with van der Waals surface area (Å²) in [5.74, 6) is 1.99. The van der Waals surface area contributed by atoms with Crippen molar-refractivity contribution in [1.82, 2.24) is 15.3 Å². The number of hydrogen-bond donors (Lipinski definition) is 1. The highest BCUT2D eigenvalue weighted by Gasteiger charge is 2.25. The zero-order valence-corrected chi connectivity index (χ0v) is 12.0. The number of thioether (sulfide) groups is 1. The summed E-state index contributed by atoms with van der Waals surface area (Å²) in [4.78, 5) is 8.50. The summed E-state index contributed by atoms with van der Waals surface area (Å²) >= 11 is 1.78. The molecule has 1 aliphatic rings. The first kappa shape index (κ1) is 13.8. The van der Waals surface area contributed by atoms with Gasteiger partial charge in [-0.15, -0.1) is 0 Å². The molecule has 1 heterocycles. The number of aromatic nitrogens is 2. The molecule has 100 valence electrons. The maximum atomic E-state index is 4.25. The fourth-order valence-corrected chi connectivity index (χ4v) is 3.52. The normalized spacial score (nSPS) is 23.4. The largest absolute Gasteiger partial charge is 0.314 e. The van der Waals surface area contributed by atoms with Crippen LogP contribution in [0.2, 0.25) is 0 Å². The van der Waals surface area contributed by atoms with Crippen molar-refractivity contribution >= 4 is 11.8 Å². The zero-order chi connectivity index (χ0) is 12.6. The van der Waals surface area contributed by atoms with E-state index in [4.69, 9.17) is 0 Å². The molecule has 2 atom stereocenters. The average molecular weight is 265 g/mol. The summed E-state index contributed by atoms with van der Waals surface area (Å²) in [6, 6.07) is 2.62. The molecule has 18 heavy (non-hydrogen) atoms. The first-order chi connectivity index (χ1) is 8.90. The van der Waals surface area contributed by atoms with Gasteiger partial charge < -0.3 is 5.32 Å². The van der Waals surface area contributed by atoms with E-state index < -0.39 is 0 Å². The molecule has 0 saturated heterocycles. The summed E-state index contributed by atoms with van der Waals surface area (Å²) in [5, 5.41) is 4.60. The van der Waals surface area contributed by atoms with Crippen LogP contribution in [-0.2, 0) is 0 Å². The third-order valence-corrected chi connectivity index (χ3v) is 4.49. The van der Waals surface area contributed by atoms with Gasteiger partial charge in [0.2, 0.25) is 0 Å². The van der Waals surface area contributed by atoms with Gasteiger partial charge in [-0.2, -0.15) is 0 Å². The van der Waals surface area contributed by atoms with Gasteiger partial charge in [0.05, 0.1) is 0 Å². The van der Waals surface area contributed by atoms with E-state index in [0.717, 1.165) is 29.4 Å². The third-order valence-electron chi connectivity index (χ3n) is 3.58. The van der Waals surface area contributed by atoms with Crippen molar-refractivity contribution in [2.24, 2.45) is 5.92 Å². The van der Waals surface area contributed by atoms with Gasteiger partial charge in [0.1, 0.15) is 0 Å². The lowest BCUT2D eigenvalue weighted by Crippen LogP contribution is -2.33. The van der Waals surface area contributed by atoms with Crippen LogP contribution in [0.25, 0.3) is 0 Å². The number of nitrogens with one attached hydrogen (secondary N) is 1. The Hall–Kier alpha value is -0.610. The Morgan fingerprint density at radius 1 is 1.33 bits per heavy atom. The zero-order valence-electron chi connectivity index (χ0n) is 11.1. The minimum absolute atomic E-state index is 0.752. The van der Waals surface area contributed by atoms with Crippen LogP contribution < -0.4 is 5.32 Å². The molecule has 2 rings (SSSR count). The van der Waals surface area contributed by atoms with Crippen LogP contribution in [0.1, 0.15) is 39.0 Å². The first-order valence-electron chi connectivity index (χ1n) is 7.03. The number of nitrogens with zero attached hydrogens (tertiary/aromatic N) is 2. The van der Waals surface area contributed by atoms with E-state index in [1.807, 2.05) is 18.5 Å². The van der Waals surface area contributed by atoms with Crippen molar-refractivity contribution in [3.8, 4) is 0 Å². The van der Waals surface area contributed by atoms with Crippen molar-refractivity contribution in [1.29, 1.82) is 0 Å². The predicted octanol–water partition coefficient (Wildman–Crippen LogP) is 3.13. The number of rotatable bonds is 7. The standard InChI is InChI=1S/C14H23N3S/c1-2-8-15-13-6-3-5-12(13)7-11-18-14-16-9-4-10-17-14/h4,9-10,12-13,15H,2-3,5-8,11H2,1H3. The smallest absolute Gasteiger partial charge is 0.187 e. The lowest BCUT2D eigenvalue weighted by atomic mass is 10.0. The van der Waals surface area contributed by atoms with Gasteiger partial charge in [-0.05, 0) is 44.2 Å². The van der Waals surface area contributed by atoms with Crippen LogP contribution >= 0.6 is 11.8 Å². The fraction of sp³-hybridized carbons (Fsp3) is 0.714. The molecule has 0 bridgehead atoms. The third kappa shape index (κ3) is 4.25. The van der Waals surface area contributed by atoms with Gasteiger partial charge >= 0.3 is 0 Å². The highest BCUT2D eigenvalue weighted by molar-refractivity contribution is 7.99. The molecule has 0 amide bonds. The Bertz CT molecular complexity index is 331. The van der Waals surface area contributed by atoms with E-state index in [1.165, 1.54) is 32.1 Å². The predicted molar refractivity (Wildman–Crippen MR) is 76.8 cm³/mol. The van der Waals surface area contributed by atoms with Crippen molar-refractivity contribution in [2.45, 2.75) is 50.2 Å². The molecule has 0 spiro atoms. The van der Waals surface area contributed by atoms with Crippen LogP contribution in [0.4, 0.5) is 0 Å². The molecule has 0 radical (unpaired) electrons.